The molecule has 3 rings (SSSR count). The summed E-state index contributed by atoms with van der Waals surface area (Å²) in [6, 6.07) is 7.68. The van der Waals surface area contributed by atoms with Crippen molar-refractivity contribution in [2.24, 2.45) is 12.1 Å². The van der Waals surface area contributed by atoms with Crippen LogP contribution in [0.1, 0.15) is 15.2 Å². The van der Waals surface area contributed by atoms with E-state index in [1.165, 1.54) is 6.20 Å². The zero-order valence-corrected chi connectivity index (χ0v) is 13.4. The molecule has 7 heteroatoms. The molecule has 1 aromatic carbocycles. The maximum absolute atomic E-state index is 12.3. The second-order valence-corrected chi connectivity index (χ2v) is 5.51. The number of benzene rings is 1. The fraction of sp³-hybridized carbons (Fsp3) is 0.188. The second kappa shape index (κ2) is 6.91. The molecule has 122 valence electrons. The normalized spacial score (nSPS) is 14.3. The monoisotopic (exact) mass is 335 g/mol. The van der Waals surface area contributed by atoms with E-state index in [2.05, 4.69) is 10.1 Å². The lowest BCUT2D eigenvalue weighted by atomic mass is 9.96. The Morgan fingerprint density at radius 1 is 1.30 bits per heavy atom. The van der Waals surface area contributed by atoms with Crippen molar-refractivity contribution in [1.82, 2.24) is 9.55 Å². The number of nitrogens with zero attached hydrogens (tertiary/aromatic N) is 1. The van der Waals surface area contributed by atoms with Gasteiger partial charge in [-0.05, 0) is 36.6 Å². The van der Waals surface area contributed by atoms with Crippen LogP contribution >= 0.6 is 0 Å². The van der Waals surface area contributed by atoms with E-state index >= 15 is 0 Å². The quantitative estimate of drug-likeness (QED) is 0.663. The van der Waals surface area contributed by atoms with Crippen LogP contribution in [0.15, 0.2) is 41.5 Å². The number of aromatic nitrogens is 2. The third-order valence-corrected chi connectivity index (χ3v) is 3.62. The van der Waals surface area contributed by atoms with Gasteiger partial charge in [0.1, 0.15) is 5.52 Å². The summed E-state index contributed by atoms with van der Waals surface area (Å²) in [4.78, 5) is 15.2. The summed E-state index contributed by atoms with van der Waals surface area (Å²) in [5.41, 5.74) is 3.65. The molecule has 23 heavy (non-hydrogen) atoms. The van der Waals surface area contributed by atoms with Gasteiger partial charge in [0.05, 0.1) is 0 Å². The summed E-state index contributed by atoms with van der Waals surface area (Å²) in [5.74, 6) is 0. The largest absolute Gasteiger partial charge is 0.760 e. The smallest absolute Gasteiger partial charge is 0.274 e. The van der Waals surface area contributed by atoms with Crippen LogP contribution in [0.25, 0.3) is 22.0 Å². The molecule has 0 aliphatic carbocycles. The summed E-state index contributed by atoms with van der Waals surface area (Å²) < 4.78 is 41.1. The zero-order valence-electron chi connectivity index (χ0n) is 15.6. The summed E-state index contributed by atoms with van der Waals surface area (Å²) in [5, 5.41) is 4.76. The van der Waals surface area contributed by atoms with Gasteiger partial charge < -0.3 is 14.1 Å². The summed E-state index contributed by atoms with van der Waals surface area (Å²) in [6.45, 7) is 1.49. The molecule has 0 bridgehead atoms. The Labute approximate surface area is 140 Å². The number of aromatic amines is 1. The minimum absolute atomic E-state index is 0.314. The van der Waals surface area contributed by atoms with E-state index in [9.17, 15) is 4.79 Å². The molecule has 0 aliphatic rings. The fourth-order valence-corrected chi connectivity index (χ4v) is 2.41. The molecule has 0 aliphatic heterocycles. The average Bonchev–Trinajstić information content (AvgIpc) is 2.99. The Hall–Kier alpha value is -2.22. The van der Waals surface area contributed by atoms with Crippen molar-refractivity contribution in [3.8, 4) is 11.1 Å². The number of aryl methyl sites for hydroxylation is 2. The Bertz CT molecular complexity index is 1020. The lowest BCUT2D eigenvalue weighted by molar-refractivity contribution is 0.539. The highest BCUT2D eigenvalue weighted by atomic mass is 32.2. The van der Waals surface area contributed by atoms with Gasteiger partial charge in [0.15, 0.2) is 0 Å². The first kappa shape index (κ1) is 13.2. The topological polar surface area (TPSA) is 104 Å². The lowest BCUT2D eigenvalue weighted by Gasteiger charge is -2.11. The molecule has 2 aromatic heterocycles. The first-order chi connectivity index (χ1) is 12.0. The van der Waals surface area contributed by atoms with Crippen molar-refractivity contribution in [2.45, 2.75) is 13.8 Å². The van der Waals surface area contributed by atoms with E-state index in [1.54, 1.807) is 12.3 Å². The Morgan fingerprint density at radius 2 is 2.00 bits per heavy atom. The summed E-state index contributed by atoms with van der Waals surface area (Å²) in [6.07, 6.45) is 3.10. The molecule has 2 heterocycles. The Balaban J connectivity index is 0.000000552. The standard InChI is InChI=1S/C16H16N2O.H3NO2S/c1-10-5-4-6-12(11(10)2)14-9-18(3)16(19)15-13(14)7-8-17-15;1-4(2)3/h4-9,17H,1-3H3;1H2,(H,2,3)/p-1/i3D3;. The fourth-order valence-electron chi connectivity index (χ4n) is 2.41. The minimum atomic E-state index is -2.51. The molecular formula is C16H18N3O3S-. The number of hydrogen-bond acceptors (Lipinski definition) is 3. The average molecular weight is 335 g/mol. The first-order valence-electron chi connectivity index (χ1n) is 8.17. The van der Waals surface area contributed by atoms with Crippen LogP contribution in [0.5, 0.6) is 0 Å². The van der Waals surface area contributed by atoms with Gasteiger partial charge in [-0.15, -0.1) is 0 Å². The van der Waals surface area contributed by atoms with E-state index in [-0.39, 0.29) is 0 Å². The van der Waals surface area contributed by atoms with Gasteiger partial charge in [0.25, 0.3) is 5.56 Å². The molecule has 3 aromatic rings. The van der Waals surface area contributed by atoms with Gasteiger partial charge in [-0.2, -0.15) is 0 Å². The maximum atomic E-state index is 12.3. The molecule has 0 saturated carbocycles. The molecule has 0 spiro atoms. The van der Waals surface area contributed by atoms with Gasteiger partial charge in [-0.1, -0.05) is 18.2 Å². The van der Waals surface area contributed by atoms with Crippen LogP contribution in [-0.2, 0) is 18.2 Å². The molecule has 0 radical (unpaired) electrons. The number of pyridine rings is 1. The van der Waals surface area contributed by atoms with Gasteiger partial charge in [0.2, 0.25) is 0 Å². The Kier molecular flexibility index (Phi) is 3.98. The van der Waals surface area contributed by atoms with E-state index < -0.39 is 23.8 Å². The highest BCUT2D eigenvalue weighted by molar-refractivity contribution is 7.76. The predicted octanol–water partition coefficient (Wildman–Crippen LogP) is 1.89. The van der Waals surface area contributed by atoms with E-state index in [0.717, 1.165) is 32.2 Å². The van der Waals surface area contributed by atoms with E-state index in [4.69, 9.17) is 12.9 Å². The summed E-state index contributed by atoms with van der Waals surface area (Å²) >= 11 is -2.36. The predicted molar refractivity (Wildman–Crippen MR) is 91.6 cm³/mol. The van der Waals surface area contributed by atoms with Crippen LogP contribution in [0.3, 0.4) is 0 Å². The number of fused-ring (bicyclic) bond motifs is 1. The SMILES string of the molecule is NS(=O)[O-].[2H]C([2H])([2H])n1cc(-c2cccc(C)c2C)c2cc[nH]c2c1=O. The van der Waals surface area contributed by atoms with E-state index in [1.807, 2.05) is 32.0 Å². The molecule has 1 unspecified atom stereocenters. The molecule has 0 amide bonds. The third-order valence-electron chi connectivity index (χ3n) is 3.62. The van der Waals surface area contributed by atoms with Gasteiger partial charge >= 0.3 is 0 Å². The van der Waals surface area contributed by atoms with Crippen molar-refractivity contribution in [3.63, 3.8) is 0 Å². The molecule has 3 N–H and O–H groups in total. The van der Waals surface area contributed by atoms with Crippen LogP contribution in [-0.4, -0.2) is 18.3 Å². The molecule has 0 saturated heterocycles. The highest BCUT2D eigenvalue weighted by Gasteiger charge is 2.12. The number of hydrogen-bond donors (Lipinski definition) is 2. The molecule has 6 nitrogen and oxygen atoms in total. The summed E-state index contributed by atoms with van der Waals surface area (Å²) in [7, 11) is 0. The van der Waals surface area contributed by atoms with Crippen molar-refractivity contribution < 1.29 is 12.9 Å². The molecule has 1 atom stereocenters. The second-order valence-electron chi connectivity index (χ2n) is 4.99. The zero-order chi connectivity index (χ0) is 19.6. The van der Waals surface area contributed by atoms with E-state index in [0.29, 0.717) is 5.52 Å². The number of H-pyrrole nitrogens is 1. The maximum Gasteiger partial charge on any atom is 0.274 e. The third kappa shape index (κ3) is 3.58. The first-order valence-corrected chi connectivity index (χ1v) is 7.81. The highest BCUT2D eigenvalue weighted by Crippen LogP contribution is 2.30. The van der Waals surface area contributed by atoms with Gasteiger partial charge in [0, 0.05) is 45.7 Å². The number of nitrogens with one attached hydrogen (secondary N) is 1. The van der Waals surface area contributed by atoms with Gasteiger partial charge in [-0.25, -0.2) is 0 Å². The number of nitrogens with two attached hydrogens (primary N) is 1. The van der Waals surface area contributed by atoms with Gasteiger partial charge in [-0.3, -0.25) is 14.1 Å². The molecular weight excluding hydrogens is 314 g/mol. The van der Waals surface area contributed by atoms with Crippen LogP contribution in [0.2, 0.25) is 0 Å². The minimum Gasteiger partial charge on any atom is -0.760 e. The van der Waals surface area contributed by atoms with Crippen LogP contribution < -0.4 is 10.7 Å². The lowest BCUT2D eigenvalue weighted by Crippen LogP contribution is -2.16. The number of rotatable bonds is 1. The van der Waals surface area contributed by atoms with Crippen LogP contribution in [0, 0.1) is 13.8 Å². The van der Waals surface area contributed by atoms with Crippen molar-refractivity contribution >= 4 is 22.2 Å². The van der Waals surface area contributed by atoms with Crippen molar-refractivity contribution in [1.29, 1.82) is 0 Å². The van der Waals surface area contributed by atoms with Crippen molar-refractivity contribution in [2.75, 3.05) is 0 Å². The van der Waals surface area contributed by atoms with Crippen molar-refractivity contribution in [3.05, 3.63) is 58.1 Å². The molecule has 0 fully saturated rings. The van der Waals surface area contributed by atoms with Crippen LogP contribution in [0.4, 0.5) is 0 Å². The Morgan fingerprint density at radius 3 is 2.65 bits per heavy atom.